The third-order valence-corrected chi connectivity index (χ3v) is 1.78. The van der Waals surface area contributed by atoms with Crippen molar-refractivity contribution in [2.45, 2.75) is 18.4 Å². The van der Waals surface area contributed by atoms with E-state index in [2.05, 4.69) is 0 Å². The number of rotatable bonds is 2. The summed E-state index contributed by atoms with van der Waals surface area (Å²) in [4.78, 5) is 10.1. The molecule has 3 nitrogen and oxygen atoms in total. The Hall–Kier alpha value is -0.970. The summed E-state index contributed by atoms with van der Waals surface area (Å²) in [5.74, 6) is -5.45. The van der Waals surface area contributed by atoms with Crippen LogP contribution in [-0.2, 0) is 4.79 Å². The first-order valence-electron chi connectivity index (χ1n) is 3.40. The maximum Gasteiger partial charge on any atom is 0.304 e. The van der Waals surface area contributed by atoms with Crippen LogP contribution >= 0.6 is 0 Å². The second-order valence-electron chi connectivity index (χ2n) is 2.74. The molecule has 0 amide bonds. The first-order valence-corrected chi connectivity index (χ1v) is 3.40. The van der Waals surface area contributed by atoms with E-state index < -0.39 is 30.3 Å². The van der Waals surface area contributed by atoms with E-state index in [1.54, 1.807) is 0 Å². The van der Waals surface area contributed by atoms with Crippen LogP contribution in [0.5, 0.6) is 0 Å². The molecule has 0 aromatic heterocycles. The van der Waals surface area contributed by atoms with Crippen molar-refractivity contribution < 1.29 is 23.8 Å². The highest BCUT2D eigenvalue weighted by Gasteiger charge is 2.45. The fraction of sp³-hybridized carbons (Fsp3) is 0.571. The number of carboxylic acids is 1. The zero-order chi connectivity index (χ0) is 9.35. The van der Waals surface area contributed by atoms with E-state index >= 15 is 0 Å². The Balaban J connectivity index is 2.62. The number of aliphatic hydroxyl groups excluding tert-OH is 1. The highest BCUT2D eigenvalue weighted by molar-refractivity contribution is 5.67. The van der Waals surface area contributed by atoms with Crippen molar-refractivity contribution in [3.8, 4) is 0 Å². The molecule has 0 bridgehead atoms. The number of aliphatic carboxylic acids is 1. The molecule has 0 aliphatic heterocycles. The number of halogens is 2. The minimum absolute atomic E-state index is 0.465. The van der Waals surface area contributed by atoms with Gasteiger partial charge < -0.3 is 10.2 Å². The van der Waals surface area contributed by atoms with Crippen LogP contribution < -0.4 is 0 Å². The second kappa shape index (κ2) is 2.82. The fourth-order valence-electron chi connectivity index (χ4n) is 1.12. The predicted molar refractivity (Wildman–Crippen MR) is 35.8 cm³/mol. The van der Waals surface area contributed by atoms with Crippen molar-refractivity contribution in [3.05, 3.63) is 12.2 Å². The van der Waals surface area contributed by atoms with Crippen LogP contribution in [0, 0.1) is 5.92 Å². The van der Waals surface area contributed by atoms with Gasteiger partial charge >= 0.3 is 5.97 Å². The molecule has 2 atom stereocenters. The van der Waals surface area contributed by atoms with Gasteiger partial charge in [0.25, 0.3) is 5.92 Å². The Bertz CT molecular complexity index is 225. The highest BCUT2D eigenvalue weighted by atomic mass is 19.3. The zero-order valence-corrected chi connectivity index (χ0v) is 6.08. The SMILES string of the molecule is O=C(O)C[C@@H]1C=CC(F)(F)[C@@H]1O. The largest absolute Gasteiger partial charge is 0.481 e. The summed E-state index contributed by atoms with van der Waals surface area (Å²) < 4.78 is 25.0. The monoisotopic (exact) mass is 178 g/mol. The number of carbonyl (C=O) groups is 1. The molecule has 0 radical (unpaired) electrons. The molecule has 1 aliphatic rings. The van der Waals surface area contributed by atoms with Gasteiger partial charge in [0, 0.05) is 5.92 Å². The Kier molecular flexibility index (Phi) is 2.14. The Morgan fingerprint density at radius 3 is 2.50 bits per heavy atom. The van der Waals surface area contributed by atoms with E-state index in [0.717, 1.165) is 6.08 Å². The predicted octanol–water partition coefficient (Wildman–Crippen LogP) is 0.643. The summed E-state index contributed by atoms with van der Waals surface area (Å²) in [6.07, 6.45) is -0.772. The second-order valence-corrected chi connectivity index (χ2v) is 2.74. The van der Waals surface area contributed by atoms with E-state index in [4.69, 9.17) is 10.2 Å². The smallest absolute Gasteiger partial charge is 0.304 e. The lowest BCUT2D eigenvalue weighted by Gasteiger charge is -2.17. The van der Waals surface area contributed by atoms with Crippen molar-refractivity contribution in [1.29, 1.82) is 0 Å². The number of aliphatic hydroxyl groups is 1. The van der Waals surface area contributed by atoms with Crippen LogP contribution in [0.2, 0.25) is 0 Å². The topological polar surface area (TPSA) is 57.5 Å². The van der Waals surface area contributed by atoms with E-state index in [9.17, 15) is 13.6 Å². The van der Waals surface area contributed by atoms with Crippen LogP contribution in [0.1, 0.15) is 6.42 Å². The van der Waals surface area contributed by atoms with Crippen LogP contribution in [0.3, 0.4) is 0 Å². The van der Waals surface area contributed by atoms with Crippen LogP contribution in [0.25, 0.3) is 0 Å². The molecule has 12 heavy (non-hydrogen) atoms. The first-order chi connectivity index (χ1) is 5.43. The van der Waals surface area contributed by atoms with Gasteiger partial charge in [0.05, 0.1) is 6.42 Å². The van der Waals surface area contributed by atoms with E-state index in [1.807, 2.05) is 0 Å². The minimum Gasteiger partial charge on any atom is -0.481 e. The molecule has 1 rings (SSSR count). The molecule has 0 saturated carbocycles. The summed E-state index contributed by atoms with van der Waals surface area (Å²) in [6, 6.07) is 0. The molecule has 0 fully saturated rings. The van der Waals surface area contributed by atoms with Crippen molar-refractivity contribution in [2.75, 3.05) is 0 Å². The molecule has 0 aromatic carbocycles. The lowest BCUT2D eigenvalue weighted by Crippen LogP contribution is -2.33. The number of alkyl halides is 2. The number of carboxylic acid groups (broad SMARTS) is 1. The van der Waals surface area contributed by atoms with Crippen molar-refractivity contribution in [1.82, 2.24) is 0 Å². The summed E-state index contributed by atoms with van der Waals surface area (Å²) in [5.41, 5.74) is 0. The van der Waals surface area contributed by atoms with Crippen molar-refractivity contribution >= 4 is 5.97 Å². The van der Waals surface area contributed by atoms with Crippen LogP contribution in [-0.4, -0.2) is 28.2 Å². The average molecular weight is 178 g/mol. The van der Waals surface area contributed by atoms with Gasteiger partial charge in [-0.05, 0) is 6.08 Å². The van der Waals surface area contributed by atoms with Gasteiger partial charge in [0.1, 0.15) is 6.10 Å². The lowest BCUT2D eigenvalue weighted by atomic mass is 10.0. The number of hydrogen-bond donors (Lipinski definition) is 2. The molecule has 0 saturated heterocycles. The summed E-state index contributed by atoms with van der Waals surface area (Å²) >= 11 is 0. The van der Waals surface area contributed by atoms with Crippen molar-refractivity contribution in [3.63, 3.8) is 0 Å². The summed E-state index contributed by atoms with van der Waals surface area (Å²) in [7, 11) is 0. The van der Waals surface area contributed by atoms with Gasteiger partial charge in [-0.25, -0.2) is 0 Å². The van der Waals surface area contributed by atoms with Gasteiger partial charge in [-0.2, -0.15) is 8.78 Å². The maximum atomic E-state index is 12.5. The van der Waals surface area contributed by atoms with Gasteiger partial charge in [-0.3, -0.25) is 4.79 Å². The van der Waals surface area contributed by atoms with Gasteiger partial charge in [-0.1, -0.05) is 6.08 Å². The molecule has 2 N–H and O–H groups in total. The zero-order valence-electron chi connectivity index (χ0n) is 6.08. The average Bonchev–Trinajstić information content (AvgIpc) is 2.15. The minimum atomic E-state index is -3.28. The quantitative estimate of drug-likeness (QED) is 0.610. The lowest BCUT2D eigenvalue weighted by molar-refractivity contribution is -0.140. The standard InChI is InChI=1S/C7H8F2O3/c8-7(9)2-1-4(6(7)12)3-5(10)11/h1-2,4,6,12H,3H2,(H,10,11)/t4-,6+/m0/s1. The Morgan fingerprint density at radius 1 is 1.58 bits per heavy atom. The maximum absolute atomic E-state index is 12.5. The molecular formula is C7H8F2O3. The molecule has 5 heteroatoms. The summed E-state index contributed by atoms with van der Waals surface area (Å²) in [6.45, 7) is 0. The Morgan fingerprint density at radius 2 is 2.17 bits per heavy atom. The summed E-state index contributed by atoms with van der Waals surface area (Å²) in [5, 5.41) is 17.2. The van der Waals surface area contributed by atoms with Crippen molar-refractivity contribution in [2.24, 2.45) is 5.92 Å². The number of hydrogen-bond acceptors (Lipinski definition) is 2. The molecule has 1 aliphatic carbocycles. The Labute approximate surface area is 67.3 Å². The van der Waals surface area contributed by atoms with E-state index in [0.29, 0.717) is 6.08 Å². The van der Waals surface area contributed by atoms with Gasteiger partial charge in [0.15, 0.2) is 0 Å². The fourth-order valence-corrected chi connectivity index (χ4v) is 1.12. The molecule has 0 unspecified atom stereocenters. The van der Waals surface area contributed by atoms with Crippen LogP contribution in [0.4, 0.5) is 8.78 Å². The molecule has 68 valence electrons. The normalized spacial score (nSPS) is 32.2. The molecular weight excluding hydrogens is 170 g/mol. The van der Waals surface area contributed by atoms with Crippen LogP contribution in [0.15, 0.2) is 12.2 Å². The van der Waals surface area contributed by atoms with E-state index in [-0.39, 0.29) is 0 Å². The molecule has 0 aromatic rings. The van der Waals surface area contributed by atoms with Gasteiger partial charge in [0.2, 0.25) is 0 Å². The third-order valence-electron chi connectivity index (χ3n) is 1.78. The highest BCUT2D eigenvalue weighted by Crippen LogP contribution is 2.34. The third kappa shape index (κ3) is 1.61. The van der Waals surface area contributed by atoms with E-state index in [1.165, 1.54) is 0 Å². The molecule has 0 spiro atoms. The first kappa shape index (κ1) is 9.12. The molecule has 0 heterocycles. The van der Waals surface area contributed by atoms with Gasteiger partial charge in [-0.15, -0.1) is 0 Å².